The minimum atomic E-state index is -0.534. The number of nitrogens with zero attached hydrogens (tertiary/aromatic N) is 1. The zero-order chi connectivity index (χ0) is 42.4. The average molecular weight is 802 g/mol. The smallest absolute Gasteiger partial charge is 0.134 e. The molecule has 3 aliphatic rings. The predicted octanol–water partition coefficient (Wildman–Crippen LogP) is 16.2. The van der Waals surface area contributed by atoms with Crippen LogP contribution in [0.1, 0.15) is 79.5 Å². The summed E-state index contributed by atoms with van der Waals surface area (Å²) < 4.78 is 7.01. The molecule has 10 rings (SSSR count). The number of para-hydroxylation sites is 2. The van der Waals surface area contributed by atoms with E-state index in [4.69, 9.17) is 4.74 Å². The van der Waals surface area contributed by atoms with Crippen molar-refractivity contribution in [3.8, 4) is 33.8 Å². The maximum absolute atomic E-state index is 7.01. The van der Waals surface area contributed by atoms with Crippen molar-refractivity contribution in [1.82, 2.24) is 0 Å². The lowest BCUT2D eigenvalue weighted by molar-refractivity contribution is 0.436. The Morgan fingerprint density at radius 3 is 2.00 bits per heavy atom. The molecule has 0 saturated heterocycles. The summed E-state index contributed by atoms with van der Waals surface area (Å²) in [6, 6.07) is 59.5. The number of rotatable bonds is 9. The van der Waals surface area contributed by atoms with Crippen LogP contribution < -0.4 is 9.64 Å². The molecule has 0 saturated carbocycles. The molecule has 0 aromatic heterocycles. The normalized spacial score (nSPS) is 16.0. The molecule has 0 amide bonds. The Bertz CT molecular complexity index is 2960. The van der Waals surface area contributed by atoms with Gasteiger partial charge in [-0.3, -0.25) is 0 Å². The van der Waals surface area contributed by atoms with E-state index < -0.39 is 5.41 Å². The highest BCUT2D eigenvalue weighted by Gasteiger charge is 2.51. The zero-order valence-electron chi connectivity index (χ0n) is 36.0. The molecule has 2 heteroatoms. The maximum Gasteiger partial charge on any atom is 0.134 e. The molecule has 1 heterocycles. The molecule has 0 N–H and O–H groups in total. The topological polar surface area (TPSA) is 12.5 Å². The fourth-order valence-corrected chi connectivity index (χ4v) is 10.3. The van der Waals surface area contributed by atoms with Gasteiger partial charge in [-0.15, -0.1) is 0 Å². The highest BCUT2D eigenvalue weighted by atomic mass is 16.5. The monoisotopic (exact) mass is 801 g/mol. The predicted molar refractivity (Wildman–Crippen MR) is 261 cm³/mol. The van der Waals surface area contributed by atoms with Crippen molar-refractivity contribution in [2.24, 2.45) is 0 Å². The minimum Gasteiger partial charge on any atom is -0.457 e. The largest absolute Gasteiger partial charge is 0.457 e. The summed E-state index contributed by atoms with van der Waals surface area (Å²) >= 11 is 0. The van der Waals surface area contributed by atoms with Gasteiger partial charge in [0.05, 0.1) is 11.1 Å². The van der Waals surface area contributed by atoms with Crippen LogP contribution in [0.3, 0.4) is 0 Å². The Hall–Kier alpha value is -7.16. The highest BCUT2D eigenvalue weighted by molar-refractivity contribution is 5.90. The lowest BCUT2D eigenvalue weighted by atomic mass is 9.66. The number of hydrogen-bond acceptors (Lipinski definition) is 2. The molecule has 1 spiro atoms. The van der Waals surface area contributed by atoms with Crippen LogP contribution in [0.15, 0.2) is 213 Å². The molecule has 0 fully saturated rings. The highest BCUT2D eigenvalue weighted by Crippen LogP contribution is 2.62. The number of hydrogen-bond donors (Lipinski definition) is 0. The van der Waals surface area contributed by atoms with E-state index in [1.807, 2.05) is 6.08 Å². The van der Waals surface area contributed by atoms with Gasteiger partial charge in [-0.05, 0) is 111 Å². The van der Waals surface area contributed by atoms with E-state index in [1.165, 1.54) is 50.1 Å². The summed E-state index contributed by atoms with van der Waals surface area (Å²) in [5.41, 5.74) is 18.7. The van der Waals surface area contributed by atoms with Crippen LogP contribution >= 0.6 is 0 Å². The SMILES string of the molecule is C=C/C(=C\C=C1/CC(C)(C)c2cc(/C(C)=C/C=C\CC)ccc21)N(c1ccc2c(c1)Oc1ccccc1C21c2ccccc2-c2ccccc21)c1ccccc1-c1ccccc1. The molecule has 7 aromatic carbocycles. The molecule has 1 aliphatic heterocycles. The molecule has 302 valence electrons. The Morgan fingerprint density at radius 2 is 1.27 bits per heavy atom. The fourth-order valence-electron chi connectivity index (χ4n) is 10.3. The first-order chi connectivity index (χ1) is 30.3. The van der Waals surface area contributed by atoms with Gasteiger partial charge in [0.2, 0.25) is 0 Å². The molecule has 0 atom stereocenters. The van der Waals surface area contributed by atoms with Crippen LogP contribution in [0.2, 0.25) is 0 Å². The van der Waals surface area contributed by atoms with Crippen LogP contribution in [0, 0.1) is 0 Å². The van der Waals surface area contributed by atoms with Crippen LogP contribution in [0.5, 0.6) is 11.5 Å². The number of fused-ring (bicyclic) bond motifs is 10. The number of allylic oxidation sites excluding steroid dienone is 8. The van der Waals surface area contributed by atoms with Crippen molar-refractivity contribution >= 4 is 22.5 Å². The first-order valence-electron chi connectivity index (χ1n) is 21.9. The van der Waals surface area contributed by atoms with Crippen LogP contribution in [0.4, 0.5) is 11.4 Å². The number of anilines is 2. The maximum atomic E-state index is 7.01. The quantitative estimate of drug-likeness (QED) is 0.135. The molecule has 0 bridgehead atoms. The van der Waals surface area contributed by atoms with Crippen molar-refractivity contribution in [3.63, 3.8) is 0 Å². The van der Waals surface area contributed by atoms with Gasteiger partial charge in [0, 0.05) is 34.1 Å². The van der Waals surface area contributed by atoms with E-state index in [-0.39, 0.29) is 5.41 Å². The third kappa shape index (κ3) is 6.32. The zero-order valence-corrected chi connectivity index (χ0v) is 36.0. The van der Waals surface area contributed by atoms with Gasteiger partial charge in [0.25, 0.3) is 0 Å². The summed E-state index contributed by atoms with van der Waals surface area (Å²) in [4.78, 5) is 2.35. The average Bonchev–Trinajstić information content (AvgIpc) is 3.75. The third-order valence-electron chi connectivity index (χ3n) is 13.1. The molecular weight excluding hydrogens is 751 g/mol. The van der Waals surface area contributed by atoms with Gasteiger partial charge >= 0.3 is 0 Å². The summed E-state index contributed by atoms with van der Waals surface area (Å²) in [6.07, 6.45) is 15.1. The summed E-state index contributed by atoms with van der Waals surface area (Å²) in [5.74, 6) is 1.71. The van der Waals surface area contributed by atoms with Crippen LogP contribution in [-0.4, -0.2) is 0 Å². The van der Waals surface area contributed by atoms with Crippen molar-refractivity contribution in [3.05, 3.63) is 251 Å². The molecule has 0 unspecified atom stereocenters. The van der Waals surface area contributed by atoms with Crippen LogP contribution in [0.25, 0.3) is 33.4 Å². The number of ether oxygens (including phenoxy) is 1. The van der Waals surface area contributed by atoms with E-state index in [2.05, 4.69) is 233 Å². The Kier molecular flexibility index (Phi) is 9.88. The molecule has 62 heavy (non-hydrogen) atoms. The molecule has 0 radical (unpaired) electrons. The first-order valence-corrected chi connectivity index (χ1v) is 21.9. The Balaban J connectivity index is 1.15. The van der Waals surface area contributed by atoms with E-state index in [1.54, 1.807) is 0 Å². The molecular formula is C60H51NO. The van der Waals surface area contributed by atoms with E-state index in [9.17, 15) is 0 Å². The van der Waals surface area contributed by atoms with E-state index >= 15 is 0 Å². The van der Waals surface area contributed by atoms with Crippen molar-refractivity contribution in [1.29, 1.82) is 0 Å². The van der Waals surface area contributed by atoms with Crippen molar-refractivity contribution < 1.29 is 4.74 Å². The van der Waals surface area contributed by atoms with Gasteiger partial charge in [0.1, 0.15) is 11.5 Å². The van der Waals surface area contributed by atoms with Crippen molar-refractivity contribution in [2.75, 3.05) is 4.90 Å². The van der Waals surface area contributed by atoms with Gasteiger partial charge < -0.3 is 9.64 Å². The second-order valence-electron chi connectivity index (χ2n) is 17.3. The van der Waals surface area contributed by atoms with Gasteiger partial charge in [-0.1, -0.05) is 191 Å². The molecule has 7 aromatic rings. The Labute approximate surface area is 367 Å². The lowest BCUT2D eigenvalue weighted by Gasteiger charge is -2.40. The summed E-state index contributed by atoms with van der Waals surface area (Å²) in [6.45, 7) is 13.6. The summed E-state index contributed by atoms with van der Waals surface area (Å²) in [5, 5.41) is 0. The van der Waals surface area contributed by atoms with Gasteiger partial charge in [-0.2, -0.15) is 0 Å². The number of benzene rings is 7. The second kappa shape index (κ2) is 15.7. The third-order valence-corrected chi connectivity index (χ3v) is 13.1. The standard InChI is InChI=1S/C60H51NO/c1-6-8-10-21-41(3)43-33-36-47-44(40-59(4,5)55(47)38-43)32-34-45(7-2)61(56-30-19-15-24-48(56)42-22-11-9-12-23-42)46-35-37-54-58(39-46)62-57-31-20-18-29-53(57)60(54)51-27-16-13-25-49(51)50-26-14-17-28-52(50)60/h7-39H,2,6,40H2,1,3-5H3/b10-8-,41-21+,44-32+,45-34+. The van der Waals surface area contributed by atoms with Gasteiger partial charge in [-0.25, -0.2) is 0 Å². The van der Waals surface area contributed by atoms with Gasteiger partial charge in [0.15, 0.2) is 0 Å². The van der Waals surface area contributed by atoms with E-state index in [0.29, 0.717) is 0 Å². The second-order valence-corrected chi connectivity index (χ2v) is 17.3. The Morgan fingerprint density at radius 1 is 0.629 bits per heavy atom. The lowest BCUT2D eigenvalue weighted by Crippen LogP contribution is -2.32. The molecule has 2 nitrogen and oxygen atoms in total. The first kappa shape index (κ1) is 39.0. The minimum absolute atomic E-state index is 0.00193. The molecule has 2 aliphatic carbocycles. The van der Waals surface area contributed by atoms with Crippen LogP contribution in [-0.2, 0) is 10.8 Å². The van der Waals surface area contributed by atoms with E-state index in [0.717, 1.165) is 63.7 Å². The summed E-state index contributed by atoms with van der Waals surface area (Å²) in [7, 11) is 0. The van der Waals surface area contributed by atoms with Crippen molar-refractivity contribution in [2.45, 2.75) is 51.4 Å². The fraction of sp³-hybridized carbons (Fsp3) is 0.133.